The summed E-state index contributed by atoms with van der Waals surface area (Å²) in [6.45, 7) is 3.78. The van der Waals surface area contributed by atoms with Crippen molar-refractivity contribution in [3.05, 3.63) is 41.3 Å². The van der Waals surface area contributed by atoms with Gasteiger partial charge in [-0.3, -0.25) is 4.79 Å². The molecule has 88 valence electrons. The molecule has 1 amide bonds. The lowest BCUT2D eigenvalue weighted by Gasteiger charge is -2.11. The van der Waals surface area contributed by atoms with Gasteiger partial charge in [0, 0.05) is 17.4 Å². The summed E-state index contributed by atoms with van der Waals surface area (Å²) >= 11 is 0. The number of carbonyl (C=O) groups is 1. The molecule has 5 nitrogen and oxygen atoms in total. The van der Waals surface area contributed by atoms with E-state index in [2.05, 4.69) is 15.0 Å². The second-order valence-electron chi connectivity index (χ2n) is 3.87. The van der Waals surface area contributed by atoms with E-state index in [9.17, 15) is 4.79 Å². The fourth-order valence-corrected chi connectivity index (χ4v) is 1.70. The van der Waals surface area contributed by atoms with Gasteiger partial charge in [0.15, 0.2) is 5.69 Å². The summed E-state index contributed by atoms with van der Waals surface area (Å²) in [5.74, 6) is -0.297. The van der Waals surface area contributed by atoms with Crippen LogP contribution in [-0.4, -0.2) is 11.1 Å². The summed E-state index contributed by atoms with van der Waals surface area (Å²) in [6.07, 6.45) is 1.36. The fourth-order valence-electron chi connectivity index (χ4n) is 1.70. The molecule has 0 aliphatic carbocycles. The van der Waals surface area contributed by atoms with Crippen LogP contribution in [0.15, 0.2) is 29.0 Å². The number of aryl methyl sites for hydroxylation is 2. The lowest BCUT2D eigenvalue weighted by Crippen LogP contribution is -2.14. The number of hydrogen-bond donors (Lipinski definition) is 2. The average Bonchev–Trinajstić information content (AvgIpc) is 2.76. The molecule has 0 saturated heterocycles. The molecule has 17 heavy (non-hydrogen) atoms. The third-order valence-electron chi connectivity index (χ3n) is 2.46. The van der Waals surface area contributed by atoms with Gasteiger partial charge in [-0.05, 0) is 37.1 Å². The van der Waals surface area contributed by atoms with Crippen LogP contribution in [0.25, 0.3) is 0 Å². The SMILES string of the molecule is Cc1cc(N)cc(C)c1NC(=O)c1ccon1. The Labute approximate surface area is 98.6 Å². The van der Waals surface area contributed by atoms with E-state index < -0.39 is 0 Å². The van der Waals surface area contributed by atoms with E-state index in [1.165, 1.54) is 12.3 Å². The van der Waals surface area contributed by atoms with Crippen molar-refractivity contribution in [2.24, 2.45) is 0 Å². The molecule has 0 atom stereocenters. The molecule has 0 aliphatic rings. The highest BCUT2D eigenvalue weighted by molar-refractivity contribution is 6.03. The summed E-state index contributed by atoms with van der Waals surface area (Å²) in [4.78, 5) is 11.8. The molecule has 0 unspecified atom stereocenters. The minimum Gasteiger partial charge on any atom is -0.399 e. The first kappa shape index (κ1) is 11.2. The molecule has 0 saturated carbocycles. The van der Waals surface area contributed by atoms with Crippen molar-refractivity contribution in [2.75, 3.05) is 11.1 Å². The largest absolute Gasteiger partial charge is 0.399 e. The number of carbonyl (C=O) groups excluding carboxylic acids is 1. The Bertz CT molecular complexity index is 524. The Morgan fingerprint density at radius 2 is 2.00 bits per heavy atom. The fraction of sp³-hybridized carbons (Fsp3) is 0.167. The number of rotatable bonds is 2. The maximum Gasteiger partial charge on any atom is 0.277 e. The van der Waals surface area contributed by atoms with Gasteiger partial charge in [0.25, 0.3) is 5.91 Å². The van der Waals surface area contributed by atoms with E-state index in [0.717, 1.165) is 16.8 Å². The molecular weight excluding hydrogens is 218 g/mol. The van der Waals surface area contributed by atoms with Crippen molar-refractivity contribution in [1.82, 2.24) is 5.16 Å². The number of anilines is 2. The number of nitrogens with two attached hydrogens (primary N) is 1. The van der Waals surface area contributed by atoms with Crippen LogP contribution in [0.2, 0.25) is 0 Å². The summed E-state index contributed by atoms with van der Waals surface area (Å²) in [5.41, 5.74) is 9.23. The minimum atomic E-state index is -0.297. The predicted molar refractivity (Wildman–Crippen MR) is 64.8 cm³/mol. The van der Waals surface area contributed by atoms with E-state index in [1.54, 1.807) is 0 Å². The van der Waals surface area contributed by atoms with E-state index in [4.69, 9.17) is 5.73 Å². The molecular formula is C12H13N3O2. The van der Waals surface area contributed by atoms with Crippen LogP contribution < -0.4 is 11.1 Å². The second kappa shape index (κ2) is 4.29. The number of hydrogen-bond acceptors (Lipinski definition) is 4. The molecule has 2 rings (SSSR count). The van der Waals surface area contributed by atoms with Crippen LogP contribution in [0.1, 0.15) is 21.6 Å². The summed E-state index contributed by atoms with van der Waals surface area (Å²) < 4.78 is 4.62. The van der Waals surface area contributed by atoms with Gasteiger partial charge in [-0.25, -0.2) is 0 Å². The predicted octanol–water partition coefficient (Wildman–Crippen LogP) is 2.13. The molecule has 0 fully saturated rings. The Kier molecular flexibility index (Phi) is 2.82. The van der Waals surface area contributed by atoms with Gasteiger partial charge in [0.1, 0.15) is 6.26 Å². The number of benzene rings is 1. The van der Waals surface area contributed by atoms with Crippen LogP contribution in [0.3, 0.4) is 0 Å². The van der Waals surface area contributed by atoms with Crippen molar-refractivity contribution in [1.29, 1.82) is 0 Å². The zero-order valence-electron chi connectivity index (χ0n) is 9.65. The summed E-state index contributed by atoms with van der Waals surface area (Å²) in [7, 11) is 0. The zero-order chi connectivity index (χ0) is 12.4. The summed E-state index contributed by atoms with van der Waals surface area (Å²) in [6, 6.07) is 5.13. The molecule has 0 bridgehead atoms. The van der Waals surface area contributed by atoms with Crippen molar-refractivity contribution in [3.63, 3.8) is 0 Å². The number of nitrogens with zero attached hydrogens (tertiary/aromatic N) is 1. The highest BCUT2D eigenvalue weighted by atomic mass is 16.5. The van der Waals surface area contributed by atoms with Crippen LogP contribution in [-0.2, 0) is 0 Å². The topological polar surface area (TPSA) is 81.1 Å². The monoisotopic (exact) mass is 231 g/mol. The van der Waals surface area contributed by atoms with Crippen LogP contribution in [0.5, 0.6) is 0 Å². The first-order chi connectivity index (χ1) is 8.08. The maximum atomic E-state index is 11.8. The second-order valence-corrected chi connectivity index (χ2v) is 3.87. The van der Waals surface area contributed by atoms with E-state index in [0.29, 0.717) is 5.69 Å². The van der Waals surface area contributed by atoms with Gasteiger partial charge in [-0.1, -0.05) is 5.16 Å². The first-order valence-electron chi connectivity index (χ1n) is 5.16. The standard InChI is InChI=1S/C12H13N3O2/c1-7-5-9(13)6-8(2)11(7)14-12(16)10-3-4-17-15-10/h3-6H,13H2,1-2H3,(H,14,16). The van der Waals surface area contributed by atoms with Gasteiger partial charge < -0.3 is 15.6 Å². The molecule has 5 heteroatoms. The first-order valence-corrected chi connectivity index (χ1v) is 5.16. The molecule has 0 radical (unpaired) electrons. The summed E-state index contributed by atoms with van der Waals surface area (Å²) in [5, 5.41) is 6.37. The smallest absolute Gasteiger partial charge is 0.277 e. The molecule has 1 aromatic heterocycles. The third kappa shape index (κ3) is 2.28. The number of aromatic nitrogens is 1. The lowest BCUT2D eigenvalue weighted by atomic mass is 10.1. The van der Waals surface area contributed by atoms with Crippen molar-refractivity contribution >= 4 is 17.3 Å². The maximum absolute atomic E-state index is 11.8. The number of amides is 1. The van der Waals surface area contributed by atoms with E-state index in [-0.39, 0.29) is 11.6 Å². The molecule has 1 heterocycles. The van der Waals surface area contributed by atoms with Crippen molar-refractivity contribution in [3.8, 4) is 0 Å². The number of nitrogens with one attached hydrogen (secondary N) is 1. The Morgan fingerprint density at radius 1 is 1.35 bits per heavy atom. The molecule has 3 N–H and O–H groups in total. The van der Waals surface area contributed by atoms with Gasteiger partial charge in [-0.15, -0.1) is 0 Å². The lowest BCUT2D eigenvalue weighted by molar-refractivity contribution is 0.101. The van der Waals surface area contributed by atoms with Crippen LogP contribution >= 0.6 is 0 Å². The highest BCUT2D eigenvalue weighted by Crippen LogP contribution is 2.23. The normalized spacial score (nSPS) is 10.2. The van der Waals surface area contributed by atoms with Gasteiger partial charge >= 0.3 is 0 Å². The Hall–Kier alpha value is -2.30. The van der Waals surface area contributed by atoms with Gasteiger partial charge in [0.05, 0.1) is 0 Å². The van der Waals surface area contributed by atoms with E-state index in [1.807, 2.05) is 26.0 Å². The molecule has 2 aromatic rings. The quantitative estimate of drug-likeness (QED) is 0.776. The van der Waals surface area contributed by atoms with E-state index >= 15 is 0 Å². The molecule has 0 spiro atoms. The van der Waals surface area contributed by atoms with Crippen molar-refractivity contribution < 1.29 is 9.32 Å². The highest BCUT2D eigenvalue weighted by Gasteiger charge is 2.12. The van der Waals surface area contributed by atoms with Gasteiger partial charge in [0.2, 0.25) is 0 Å². The molecule has 0 aliphatic heterocycles. The van der Waals surface area contributed by atoms with Crippen LogP contribution in [0, 0.1) is 13.8 Å². The number of nitrogen functional groups attached to an aromatic ring is 1. The minimum absolute atomic E-state index is 0.251. The van der Waals surface area contributed by atoms with Crippen molar-refractivity contribution in [2.45, 2.75) is 13.8 Å². The molecule has 1 aromatic carbocycles. The zero-order valence-corrected chi connectivity index (χ0v) is 9.65. The van der Waals surface area contributed by atoms with Gasteiger partial charge in [-0.2, -0.15) is 0 Å². The van der Waals surface area contributed by atoms with Crippen LogP contribution in [0.4, 0.5) is 11.4 Å². The third-order valence-corrected chi connectivity index (χ3v) is 2.46. The Morgan fingerprint density at radius 3 is 2.53 bits per heavy atom. The average molecular weight is 231 g/mol. The Balaban J connectivity index is 2.28.